The van der Waals surface area contributed by atoms with E-state index in [1.807, 2.05) is 54.9 Å². The number of hydrogen-bond acceptors (Lipinski definition) is 3. The van der Waals surface area contributed by atoms with Crippen LogP contribution in [0.3, 0.4) is 0 Å². The van der Waals surface area contributed by atoms with E-state index in [9.17, 15) is 4.79 Å². The van der Waals surface area contributed by atoms with E-state index in [0.717, 1.165) is 18.5 Å². The van der Waals surface area contributed by atoms with Crippen molar-refractivity contribution >= 4 is 5.91 Å². The third-order valence-corrected chi connectivity index (χ3v) is 3.45. The molecule has 21 heavy (non-hydrogen) atoms. The van der Waals surface area contributed by atoms with Crippen molar-refractivity contribution < 1.29 is 9.63 Å². The van der Waals surface area contributed by atoms with E-state index in [0.29, 0.717) is 6.61 Å². The topological polar surface area (TPSA) is 56.1 Å². The Labute approximate surface area is 124 Å². The molecule has 0 fully saturated rings. The van der Waals surface area contributed by atoms with Gasteiger partial charge < -0.3 is 4.57 Å². The van der Waals surface area contributed by atoms with Crippen molar-refractivity contribution in [3.8, 4) is 0 Å². The molecular weight excluding hydrogens is 266 g/mol. The molecule has 0 spiro atoms. The molecule has 1 amide bonds. The van der Waals surface area contributed by atoms with Gasteiger partial charge in [-0.05, 0) is 25.8 Å². The Balaban J connectivity index is 1.74. The van der Waals surface area contributed by atoms with E-state index >= 15 is 0 Å². The Morgan fingerprint density at radius 1 is 1.33 bits per heavy atom. The summed E-state index contributed by atoms with van der Waals surface area (Å²) < 4.78 is 1.97. The SMILES string of the molecule is CC(C)(C(=O)NOCCCn1ccnc1)c1ccccc1. The molecular formula is C16H21N3O2. The number of carbonyl (C=O) groups is 1. The van der Waals surface area contributed by atoms with E-state index in [1.54, 1.807) is 12.5 Å². The molecule has 1 aromatic heterocycles. The number of hydrogen-bond donors (Lipinski definition) is 1. The standard InChI is InChI=1S/C16H21N3O2/c1-16(2,14-7-4-3-5-8-14)15(20)18-21-12-6-10-19-11-9-17-13-19/h3-5,7-9,11,13H,6,10,12H2,1-2H3,(H,18,20). The van der Waals surface area contributed by atoms with Gasteiger partial charge in [0.05, 0.1) is 18.3 Å². The van der Waals surface area contributed by atoms with Gasteiger partial charge in [0, 0.05) is 18.9 Å². The quantitative estimate of drug-likeness (QED) is 0.628. The molecule has 0 atom stereocenters. The van der Waals surface area contributed by atoms with Crippen LogP contribution >= 0.6 is 0 Å². The molecule has 0 saturated heterocycles. The fourth-order valence-corrected chi connectivity index (χ4v) is 1.97. The summed E-state index contributed by atoms with van der Waals surface area (Å²) >= 11 is 0. The molecule has 1 heterocycles. The van der Waals surface area contributed by atoms with Crippen molar-refractivity contribution in [2.75, 3.05) is 6.61 Å². The maximum atomic E-state index is 12.2. The summed E-state index contributed by atoms with van der Waals surface area (Å²) in [5, 5.41) is 0. The van der Waals surface area contributed by atoms with Gasteiger partial charge in [-0.1, -0.05) is 30.3 Å². The second-order valence-electron chi connectivity index (χ2n) is 5.42. The molecule has 0 aliphatic carbocycles. The van der Waals surface area contributed by atoms with Crippen LogP contribution in [-0.4, -0.2) is 22.1 Å². The Kier molecular flexibility index (Phi) is 5.11. The molecule has 1 N–H and O–H groups in total. The second kappa shape index (κ2) is 7.04. The van der Waals surface area contributed by atoms with Crippen LogP contribution in [0.15, 0.2) is 49.1 Å². The van der Waals surface area contributed by atoms with Gasteiger partial charge in [0.25, 0.3) is 5.91 Å². The van der Waals surface area contributed by atoms with Crippen molar-refractivity contribution in [2.24, 2.45) is 0 Å². The number of imidazole rings is 1. The van der Waals surface area contributed by atoms with E-state index in [1.165, 1.54) is 0 Å². The fraction of sp³-hybridized carbons (Fsp3) is 0.375. The lowest BCUT2D eigenvalue weighted by Crippen LogP contribution is -2.40. The van der Waals surface area contributed by atoms with Crippen LogP contribution in [0.25, 0.3) is 0 Å². The highest BCUT2D eigenvalue weighted by atomic mass is 16.6. The zero-order valence-electron chi connectivity index (χ0n) is 12.5. The van der Waals surface area contributed by atoms with Gasteiger partial charge in [0.2, 0.25) is 0 Å². The van der Waals surface area contributed by atoms with Gasteiger partial charge in [0.15, 0.2) is 0 Å². The molecule has 0 bridgehead atoms. The normalized spacial score (nSPS) is 11.3. The van der Waals surface area contributed by atoms with Crippen LogP contribution in [0, 0.1) is 0 Å². The third kappa shape index (κ3) is 4.16. The van der Waals surface area contributed by atoms with Crippen molar-refractivity contribution in [3.05, 3.63) is 54.6 Å². The van der Waals surface area contributed by atoms with Crippen LogP contribution in [0.4, 0.5) is 0 Å². The minimum absolute atomic E-state index is 0.142. The summed E-state index contributed by atoms with van der Waals surface area (Å²) in [4.78, 5) is 21.4. The first-order valence-electron chi connectivity index (χ1n) is 7.04. The number of nitrogens with zero attached hydrogens (tertiary/aromatic N) is 2. The molecule has 0 saturated carbocycles. The van der Waals surface area contributed by atoms with Crippen LogP contribution in [-0.2, 0) is 21.6 Å². The van der Waals surface area contributed by atoms with Gasteiger partial charge in [-0.2, -0.15) is 0 Å². The molecule has 0 aliphatic rings. The lowest BCUT2D eigenvalue weighted by molar-refractivity contribution is -0.138. The third-order valence-electron chi connectivity index (χ3n) is 3.45. The predicted octanol–water partition coefficient (Wildman–Crippen LogP) is 2.30. The van der Waals surface area contributed by atoms with Crippen LogP contribution in [0.2, 0.25) is 0 Å². The monoisotopic (exact) mass is 287 g/mol. The molecule has 0 aliphatic heterocycles. The minimum Gasteiger partial charge on any atom is -0.337 e. The summed E-state index contributed by atoms with van der Waals surface area (Å²) in [5.41, 5.74) is 2.88. The van der Waals surface area contributed by atoms with Gasteiger partial charge in [0.1, 0.15) is 0 Å². The first kappa shape index (κ1) is 15.3. The maximum absolute atomic E-state index is 12.2. The number of aromatic nitrogens is 2. The Morgan fingerprint density at radius 2 is 2.10 bits per heavy atom. The highest BCUT2D eigenvalue weighted by Gasteiger charge is 2.29. The zero-order chi connectivity index (χ0) is 15.1. The molecule has 2 rings (SSSR count). The van der Waals surface area contributed by atoms with Crippen LogP contribution < -0.4 is 5.48 Å². The van der Waals surface area contributed by atoms with Gasteiger partial charge in [-0.25, -0.2) is 10.5 Å². The van der Waals surface area contributed by atoms with E-state index in [-0.39, 0.29) is 5.91 Å². The largest absolute Gasteiger partial charge is 0.337 e. The molecule has 2 aromatic rings. The molecule has 112 valence electrons. The number of benzene rings is 1. The summed E-state index contributed by atoms with van der Waals surface area (Å²) in [6.45, 7) is 5.05. The number of rotatable bonds is 7. The first-order valence-corrected chi connectivity index (χ1v) is 7.04. The average molecular weight is 287 g/mol. The lowest BCUT2D eigenvalue weighted by Gasteiger charge is -2.23. The molecule has 5 heteroatoms. The van der Waals surface area contributed by atoms with E-state index < -0.39 is 5.41 Å². The van der Waals surface area contributed by atoms with Crippen molar-refractivity contribution in [2.45, 2.75) is 32.2 Å². The molecule has 1 aromatic carbocycles. The van der Waals surface area contributed by atoms with E-state index in [2.05, 4.69) is 10.5 Å². The second-order valence-corrected chi connectivity index (χ2v) is 5.42. The summed E-state index contributed by atoms with van der Waals surface area (Å²) in [6.07, 6.45) is 6.21. The van der Waals surface area contributed by atoms with Crippen molar-refractivity contribution in [1.82, 2.24) is 15.0 Å². The smallest absolute Gasteiger partial charge is 0.253 e. The number of carbonyl (C=O) groups excluding carboxylic acids is 1. The molecule has 0 radical (unpaired) electrons. The summed E-state index contributed by atoms with van der Waals surface area (Å²) in [6, 6.07) is 9.67. The Morgan fingerprint density at radius 3 is 2.76 bits per heavy atom. The molecule has 5 nitrogen and oxygen atoms in total. The lowest BCUT2D eigenvalue weighted by atomic mass is 9.84. The fourth-order valence-electron chi connectivity index (χ4n) is 1.97. The zero-order valence-corrected chi connectivity index (χ0v) is 12.5. The number of nitrogens with one attached hydrogen (secondary N) is 1. The van der Waals surface area contributed by atoms with Crippen molar-refractivity contribution in [3.63, 3.8) is 0 Å². The number of hydroxylamine groups is 1. The number of amides is 1. The summed E-state index contributed by atoms with van der Waals surface area (Å²) in [7, 11) is 0. The van der Waals surface area contributed by atoms with Gasteiger partial charge in [-0.15, -0.1) is 0 Å². The van der Waals surface area contributed by atoms with Gasteiger partial charge in [-0.3, -0.25) is 9.63 Å². The number of aryl methyl sites for hydroxylation is 1. The molecule has 0 unspecified atom stereocenters. The highest BCUT2D eigenvalue weighted by molar-refractivity contribution is 5.86. The Bertz CT molecular complexity index is 550. The van der Waals surface area contributed by atoms with Crippen LogP contribution in [0.5, 0.6) is 0 Å². The average Bonchev–Trinajstić information content (AvgIpc) is 3.01. The van der Waals surface area contributed by atoms with Gasteiger partial charge >= 0.3 is 0 Å². The van der Waals surface area contributed by atoms with E-state index in [4.69, 9.17) is 4.84 Å². The van der Waals surface area contributed by atoms with Crippen molar-refractivity contribution in [1.29, 1.82) is 0 Å². The highest BCUT2D eigenvalue weighted by Crippen LogP contribution is 2.22. The maximum Gasteiger partial charge on any atom is 0.253 e. The van der Waals surface area contributed by atoms with Crippen LogP contribution in [0.1, 0.15) is 25.8 Å². The Hall–Kier alpha value is -2.14. The summed E-state index contributed by atoms with van der Waals surface area (Å²) in [5.74, 6) is -0.142. The minimum atomic E-state index is -0.619. The first-order chi connectivity index (χ1) is 10.1. The predicted molar refractivity (Wildman–Crippen MR) is 80.4 cm³/mol.